The predicted octanol–water partition coefficient (Wildman–Crippen LogP) is 4.47. The minimum atomic E-state index is -0.00158. The van der Waals surface area contributed by atoms with E-state index in [4.69, 9.17) is 0 Å². The Kier molecular flexibility index (Phi) is 4.50. The molecule has 1 amide bonds. The Labute approximate surface area is 158 Å². The molecular formula is C22H22N4O. The van der Waals surface area contributed by atoms with Crippen LogP contribution in [-0.4, -0.2) is 20.3 Å². The number of nitrogens with one attached hydrogen (secondary N) is 1. The molecule has 0 spiro atoms. The van der Waals surface area contributed by atoms with Gasteiger partial charge in [0.05, 0.1) is 11.4 Å². The lowest BCUT2D eigenvalue weighted by atomic mass is 10.2. The third-order valence-corrected chi connectivity index (χ3v) is 4.64. The summed E-state index contributed by atoms with van der Waals surface area (Å²) in [5, 5.41) is 8.69. The first-order valence-electron chi connectivity index (χ1n) is 9.07. The van der Waals surface area contributed by atoms with Gasteiger partial charge in [-0.1, -0.05) is 24.3 Å². The number of fused-ring (bicyclic) bond motifs is 1. The maximum absolute atomic E-state index is 12.4. The lowest BCUT2D eigenvalue weighted by Gasteiger charge is -2.10. The van der Waals surface area contributed by atoms with E-state index < -0.39 is 0 Å². The summed E-state index contributed by atoms with van der Waals surface area (Å²) in [6.07, 6.45) is 2.45. The summed E-state index contributed by atoms with van der Waals surface area (Å²) in [5.74, 6) is -0.00158. The van der Waals surface area contributed by atoms with Crippen molar-refractivity contribution >= 4 is 22.5 Å². The number of hydrogen-bond donors (Lipinski definition) is 1. The minimum Gasteiger partial charge on any atom is -0.347 e. The fraction of sp³-hybridized carbons (Fsp3) is 0.182. The van der Waals surface area contributed by atoms with Crippen molar-refractivity contribution in [3.63, 3.8) is 0 Å². The highest BCUT2D eigenvalue weighted by molar-refractivity contribution is 5.91. The molecule has 0 atom stereocenters. The zero-order valence-corrected chi connectivity index (χ0v) is 15.5. The number of amides is 1. The standard InChI is InChI=1S/C22H22N4O/c1-16-14-17(2)26(24-16)20-8-5-7-19(15-20)23-22(27)11-13-25-12-10-18-6-3-4-9-21(18)25/h3-10,12,14-15H,11,13H2,1-2H3,(H,23,27). The Morgan fingerprint density at radius 2 is 1.89 bits per heavy atom. The fourth-order valence-electron chi connectivity index (χ4n) is 3.39. The Hall–Kier alpha value is -3.34. The molecule has 0 aliphatic rings. The molecule has 0 saturated heterocycles. The second kappa shape index (κ2) is 7.11. The summed E-state index contributed by atoms with van der Waals surface area (Å²) < 4.78 is 4.00. The third-order valence-electron chi connectivity index (χ3n) is 4.64. The number of rotatable bonds is 5. The van der Waals surface area contributed by atoms with E-state index >= 15 is 0 Å². The SMILES string of the molecule is Cc1cc(C)n(-c2cccc(NC(=O)CCn3ccc4ccccc43)c2)n1. The van der Waals surface area contributed by atoms with Crippen LogP contribution in [0.15, 0.2) is 66.9 Å². The maximum atomic E-state index is 12.4. The van der Waals surface area contributed by atoms with E-state index in [9.17, 15) is 4.79 Å². The number of para-hydroxylation sites is 1. The number of benzene rings is 2. The van der Waals surface area contributed by atoms with Gasteiger partial charge in [0.15, 0.2) is 0 Å². The summed E-state index contributed by atoms with van der Waals surface area (Å²) in [7, 11) is 0. The van der Waals surface area contributed by atoms with Crippen molar-refractivity contribution in [2.24, 2.45) is 0 Å². The zero-order valence-electron chi connectivity index (χ0n) is 15.5. The molecule has 0 saturated carbocycles. The van der Waals surface area contributed by atoms with Crippen LogP contribution in [0.4, 0.5) is 5.69 Å². The number of anilines is 1. The average Bonchev–Trinajstić information content (AvgIpc) is 3.23. The van der Waals surface area contributed by atoms with Crippen LogP contribution >= 0.6 is 0 Å². The lowest BCUT2D eigenvalue weighted by Crippen LogP contribution is -2.14. The summed E-state index contributed by atoms with van der Waals surface area (Å²) in [4.78, 5) is 12.4. The molecule has 2 heterocycles. The minimum absolute atomic E-state index is 0.00158. The summed E-state index contributed by atoms with van der Waals surface area (Å²) >= 11 is 0. The highest BCUT2D eigenvalue weighted by Crippen LogP contribution is 2.18. The molecular weight excluding hydrogens is 336 g/mol. The topological polar surface area (TPSA) is 51.9 Å². The Morgan fingerprint density at radius 1 is 1.04 bits per heavy atom. The number of hydrogen-bond acceptors (Lipinski definition) is 2. The van der Waals surface area contributed by atoms with Gasteiger partial charge in [0, 0.05) is 36.1 Å². The summed E-state index contributed by atoms with van der Waals surface area (Å²) in [6, 6.07) is 20.1. The molecule has 0 radical (unpaired) electrons. The second-order valence-electron chi connectivity index (χ2n) is 6.76. The van der Waals surface area contributed by atoms with E-state index in [-0.39, 0.29) is 5.91 Å². The van der Waals surface area contributed by atoms with Crippen molar-refractivity contribution in [1.82, 2.24) is 14.3 Å². The van der Waals surface area contributed by atoms with Crippen LogP contribution in [0.5, 0.6) is 0 Å². The smallest absolute Gasteiger partial charge is 0.226 e. The number of carbonyl (C=O) groups is 1. The largest absolute Gasteiger partial charge is 0.347 e. The summed E-state index contributed by atoms with van der Waals surface area (Å²) in [5.41, 5.74) is 4.91. The number of aromatic nitrogens is 3. The zero-order chi connectivity index (χ0) is 18.8. The van der Waals surface area contributed by atoms with Gasteiger partial charge in [-0.25, -0.2) is 4.68 Å². The third kappa shape index (κ3) is 3.62. The fourth-order valence-corrected chi connectivity index (χ4v) is 3.39. The van der Waals surface area contributed by atoms with Gasteiger partial charge in [0.1, 0.15) is 0 Å². The average molecular weight is 358 g/mol. The first-order valence-corrected chi connectivity index (χ1v) is 9.07. The molecule has 4 aromatic rings. The van der Waals surface area contributed by atoms with Gasteiger partial charge in [-0.05, 0) is 55.6 Å². The lowest BCUT2D eigenvalue weighted by molar-refractivity contribution is -0.116. The van der Waals surface area contributed by atoms with Crippen molar-refractivity contribution in [3.05, 3.63) is 78.2 Å². The first kappa shape index (κ1) is 17.1. The molecule has 136 valence electrons. The van der Waals surface area contributed by atoms with Crippen molar-refractivity contribution in [3.8, 4) is 5.69 Å². The molecule has 5 nitrogen and oxygen atoms in total. The Morgan fingerprint density at radius 3 is 2.70 bits per heavy atom. The van der Waals surface area contributed by atoms with Crippen LogP contribution in [0.2, 0.25) is 0 Å². The highest BCUT2D eigenvalue weighted by atomic mass is 16.1. The normalized spacial score (nSPS) is 11.0. The van der Waals surface area contributed by atoms with Crippen molar-refractivity contribution in [1.29, 1.82) is 0 Å². The van der Waals surface area contributed by atoms with E-state index in [1.807, 2.05) is 67.2 Å². The van der Waals surface area contributed by atoms with Gasteiger partial charge in [-0.2, -0.15) is 5.10 Å². The molecule has 2 aromatic heterocycles. The quantitative estimate of drug-likeness (QED) is 0.572. The Balaban J connectivity index is 1.44. The molecule has 5 heteroatoms. The number of carbonyl (C=O) groups excluding carboxylic acids is 1. The van der Waals surface area contributed by atoms with Crippen molar-refractivity contribution < 1.29 is 4.79 Å². The molecule has 2 aromatic carbocycles. The van der Waals surface area contributed by atoms with Crippen molar-refractivity contribution in [2.45, 2.75) is 26.8 Å². The summed E-state index contributed by atoms with van der Waals surface area (Å²) in [6.45, 7) is 4.64. The Bertz CT molecular complexity index is 1110. The van der Waals surface area contributed by atoms with Gasteiger partial charge in [0.25, 0.3) is 0 Å². The number of aryl methyl sites for hydroxylation is 3. The first-order chi connectivity index (χ1) is 13.1. The monoisotopic (exact) mass is 358 g/mol. The predicted molar refractivity (Wildman–Crippen MR) is 108 cm³/mol. The van der Waals surface area contributed by atoms with Crippen LogP contribution in [0, 0.1) is 13.8 Å². The van der Waals surface area contributed by atoms with Gasteiger partial charge >= 0.3 is 0 Å². The highest BCUT2D eigenvalue weighted by Gasteiger charge is 2.08. The van der Waals surface area contributed by atoms with E-state index in [0.29, 0.717) is 13.0 Å². The second-order valence-corrected chi connectivity index (χ2v) is 6.76. The van der Waals surface area contributed by atoms with Crippen LogP contribution in [0.1, 0.15) is 17.8 Å². The van der Waals surface area contributed by atoms with Gasteiger partial charge in [-0.15, -0.1) is 0 Å². The molecule has 0 aliphatic heterocycles. The molecule has 27 heavy (non-hydrogen) atoms. The van der Waals surface area contributed by atoms with Gasteiger partial charge in [-0.3, -0.25) is 4.79 Å². The molecule has 1 N–H and O–H groups in total. The van der Waals surface area contributed by atoms with Crippen LogP contribution in [0.3, 0.4) is 0 Å². The number of nitrogens with zero attached hydrogens (tertiary/aromatic N) is 3. The van der Waals surface area contributed by atoms with Crippen LogP contribution < -0.4 is 5.32 Å². The van der Waals surface area contributed by atoms with E-state index in [2.05, 4.69) is 33.2 Å². The van der Waals surface area contributed by atoms with Gasteiger partial charge < -0.3 is 9.88 Å². The molecule has 0 aliphatic carbocycles. The van der Waals surface area contributed by atoms with Crippen LogP contribution in [0.25, 0.3) is 16.6 Å². The molecule has 0 fully saturated rings. The van der Waals surface area contributed by atoms with Crippen LogP contribution in [-0.2, 0) is 11.3 Å². The molecule has 4 rings (SSSR count). The van der Waals surface area contributed by atoms with E-state index in [1.165, 1.54) is 5.39 Å². The maximum Gasteiger partial charge on any atom is 0.226 e. The molecule has 0 unspecified atom stereocenters. The van der Waals surface area contributed by atoms with E-state index in [1.54, 1.807) is 0 Å². The van der Waals surface area contributed by atoms with E-state index in [0.717, 1.165) is 28.3 Å². The molecule has 0 bridgehead atoms. The van der Waals surface area contributed by atoms with Gasteiger partial charge in [0.2, 0.25) is 5.91 Å². The van der Waals surface area contributed by atoms with Crippen molar-refractivity contribution in [2.75, 3.05) is 5.32 Å².